The predicted molar refractivity (Wildman–Crippen MR) is 52.7 cm³/mol. The third-order valence-electron chi connectivity index (χ3n) is 2.08. The molecule has 0 bridgehead atoms. The Morgan fingerprint density at radius 1 is 1.18 bits per heavy atom. The van der Waals surface area contributed by atoms with E-state index < -0.39 is 0 Å². The largest absolute Gasteiger partial charge is 0.261 e. The van der Waals surface area contributed by atoms with Crippen LogP contribution in [0.25, 0.3) is 0 Å². The zero-order valence-corrected chi connectivity index (χ0v) is 8.41. The molecule has 0 radical (unpaired) electrons. The van der Waals surface area contributed by atoms with E-state index in [9.17, 15) is 0 Å². The molecule has 0 aromatic rings. The molecular formula is C9H19NS. The summed E-state index contributed by atoms with van der Waals surface area (Å²) in [7, 11) is 0. The van der Waals surface area contributed by atoms with Crippen molar-refractivity contribution in [1.82, 2.24) is 4.72 Å². The summed E-state index contributed by atoms with van der Waals surface area (Å²) in [6.07, 6.45) is 7.08. The molecule has 1 saturated carbocycles. The van der Waals surface area contributed by atoms with Crippen LogP contribution in [0.1, 0.15) is 46.0 Å². The lowest BCUT2D eigenvalue weighted by atomic mass is 9.96. The number of hydrogen-bond acceptors (Lipinski definition) is 2. The van der Waals surface area contributed by atoms with Crippen molar-refractivity contribution in [3.05, 3.63) is 0 Å². The van der Waals surface area contributed by atoms with Crippen LogP contribution in [0.2, 0.25) is 0 Å². The van der Waals surface area contributed by atoms with Gasteiger partial charge in [0, 0.05) is 11.3 Å². The van der Waals surface area contributed by atoms with E-state index >= 15 is 0 Å². The molecule has 1 fully saturated rings. The monoisotopic (exact) mass is 173 g/mol. The van der Waals surface area contributed by atoms with Gasteiger partial charge in [0.25, 0.3) is 0 Å². The fourth-order valence-electron chi connectivity index (χ4n) is 1.45. The van der Waals surface area contributed by atoms with Crippen molar-refractivity contribution in [3.63, 3.8) is 0 Å². The van der Waals surface area contributed by atoms with Crippen LogP contribution >= 0.6 is 11.9 Å². The molecule has 0 aliphatic heterocycles. The normalized spacial score (nSPS) is 21.0. The molecular weight excluding hydrogens is 154 g/mol. The van der Waals surface area contributed by atoms with Gasteiger partial charge < -0.3 is 0 Å². The zero-order valence-electron chi connectivity index (χ0n) is 7.60. The van der Waals surface area contributed by atoms with E-state index in [2.05, 4.69) is 18.6 Å². The van der Waals surface area contributed by atoms with E-state index in [1.165, 1.54) is 32.1 Å². The van der Waals surface area contributed by atoms with E-state index in [0.717, 1.165) is 11.3 Å². The highest BCUT2D eigenvalue weighted by Gasteiger charge is 2.12. The van der Waals surface area contributed by atoms with Crippen LogP contribution in [-0.2, 0) is 0 Å². The van der Waals surface area contributed by atoms with Gasteiger partial charge in [-0.1, -0.05) is 45.1 Å². The average Bonchev–Trinajstić information content (AvgIpc) is 2.03. The smallest absolute Gasteiger partial charge is 0.0172 e. The Kier molecular flexibility index (Phi) is 4.31. The summed E-state index contributed by atoms with van der Waals surface area (Å²) in [5.41, 5.74) is 0. The van der Waals surface area contributed by atoms with Crippen LogP contribution in [0.5, 0.6) is 0 Å². The second-order valence-corrected chi connectivity index (χ2v) is 5.03. The van der Waals surface area contributed by atoms with E-state index in [0.29, 0.717) is 0 Å². The van der Waals surface area contributed by atoms with Gasteiger partial charge in [0.1, 0.15) is 0 Å². The maximum Gasteiger partial charge on any atom is 0.0172 e. The van der Waals surface area contributed by atoms with Gasteiger partial charge in [0.15, 0.2) is 0 Å². The zero-order chi connectivity index (χ0) is 8.10. The Bertz CT molecular complexity index is 97.7. The lowest BCUT2D eigenvalue weighted by Crippen LogP contribution is -2.26. The molecule has 0 amide bonds. The molecule has 0 heterocycles. The summed E-state index contributed by atoms with van der Waals surface area (Å²) in [6.45, 7) is 4.47. The third kappa shape index (κ3) is 4.02. The standard InChI is InChI=1S/C9H19NS/c1-8(2)11-10-9-6-4-3-5-7-9/h8-10H,3-7H2,1-2H3. The van der Waals surface area contributed by atoms with E-state index in [1.807, 2.05) is 11.9 Å². The number of nitrogens with one attached hydrogen (secondary N) is 1. The molecule has 0 unspecified atom stereocenters. The van der Waals surface area contributed by atoms with E-state index in [-0.39, 0.29) is 0 Å². The van der Waals surface area contributed by atoms with E-state index in [4.69, 9.17) is 0 Å². The Hall–Kier alpha value is 0.310. The van der Waals surface area contributed by atoms with Gasteiger partial charge in [0.05, 0.1) is 0 Å². The molecule has 0 spiro atoms. The van der Waals surface area contributed by atoms with Crippen LogP contribution in [0.15, 0.2) is 0 Å². The first kappa shape index (κ1) is 9.40. The molecule has 2 heteroatoms. The Morgan fingerprint density at radius 2 is 1.82 bits per heavy atom. The lowest BCUT2D eigenvalue weighted by molar-refractivity contribution is 0.423. The highest BCUT2D eigenvalue weighted by Crippen LogP contribution is 2.20. The predicted octanol–water partition coefficient (Wildman–Crippen LogP) is 2.97. The molecule has 0 saturated heterocycles. The SMILES string of the molecule is CC(C)SNC1CCCCC1. The lowest BCUT2D eigenvalue weighted by Gasteiger charge is -2.22. The molecule has 1 aliphatic rings. The van der Waals surface area contributed by atoms with Gasteiger partial charge in [-0.05, 0) is 12.8 Å². The summed E-state index contributed by atoms with van der Waals surface area (Å²) >= 11 is 1.89. The van der Waals surface area contributed by atoms with Gasteiger partial charge in [0.2, 0.25) is 0 Å². The molecule has 11 heavy (non-hydrogen) atoms. The Morgan fingerprint density at radius 3 is 2.36 bits per heavy atom. The first-order valence-corrected chi connectivity index (χ1v) is 5.58. The fraction of sp³-hybridized carbons (Fsp3) is 1.00. The van der Waals surface area contributed by atoms with Crippen molar-refractivity contribution >= 4 is 11.9 Å². The third-order valence-corrected chi connectivity index (χ3v) is 3.02. The van der Waals surface area contributed by atoms with Crippen LogP contribution in [-0.4, -0.2) is 11.3 Å². The molecule has 1 N–H and O–H groups in total. The molecule has 1 rings (SSSR count). The Balaban J connectivity index is 2.05. The van der Waals surface area contributed by atoms with Crippen molar-refractivity contribution in [2.45, 2.75) is 57.2 Å². The molecule has 66 valence electrons. The quantitative estimate of drug-likeness (QED) is 0.659. The van der Waals surface area contributed by atoms with Crippen molar-refractivity contribution < 1.29 is 0 Å². The fourth-order valence-corrected chi connectivity index (χ4v) is 2.15. The van der Waals surface area contributed by atoms with Gasteiger partial charge in [-0.3, -0.25) is 4.72 Å². The first-order chi connectivity index (χ1) is 5.29. The minimum absolute atomic E-state index is 0.719. The van der Waals surface area contributed by atoms with Gasteiger partial charge in [-0.15, -0.1) is 0 Å². The van der Waals surface area contributed by atoms with E-state index in [1.54, 1.807) is 0 Å². The average molecular weight is 173 g/mol. The topological polar surface area (TPSA) is 12.0 Å². The van der Waals surface area contributed by atoms with Crippen molar-refractivity contribution in [3.8, 4) is 0 Å². The van der Waals surface area contributed by atoms with Crippen LogP contribution in [0.4, 0.5) is 0 Å². The Labute approximate surface area is 74.5 Å². The minimum atomic E-state index is 0.719. The van der Waals surface area contributed by atoms with Gasteiger partial charge in [-0.2, -0.15) is 0 Å². The van der Waals surface area contributed by atoms with Gasteiger partial charge in [-0.25, -0.2) is 0 Å². The first-order valence-electron chi connectivity index (χ1n) is 4.70. The van der Waals surface area contributed by atoms with Crippen molar-refractivity contribution in [2.75, 3.05) is 0 Å². The highest BCUT2D eigenvalue weighted by molar-refractivity contribution is 7.98. The van der Waals surface area contributed by atoms with Crippen molar-refractivity contribution in [2.24, 2.45) is 0 Å². The second kappa shape index (κ2) is 5.04. The summed E-state index contributed by atoms with van der Waals surface area (Å²) in [5, 5.41) is 0.719. The summed E-state index contributed by atoms with van der Waals surface area (Å²) in [4.78, 5) is 0. The number of rotatable bonds is 3. The molecule has 0 aromatic heterocycles. The maximum atomic E-state index is 3.54. The van der Waals surface area contributed by atoms with Crippen molar-refractivity contribution in [1.29, 1.82) is 0 Å². The molecule has 0 atom stereocenters. The second-order valence-electron chi connectivity index (χ2n) is 3.62. The van der Waals surface area contributed by atoms with Crippen LogP contribution < -0.4 is 4.72 Å². The van der Waals surface area contributed by atoms with Crippen LogP contribution in [0.3, 0.4) is 0 Å². The molecule has 1 nitrogen and oxygen atoms in total. The summed E-state index contributed by atoms with van der Waals surface area (Å²) < 4.78 is 3.54. The molecule has 1 aliphatic carbocycles. The summed E-state index contributed by atoms with van der Waals surface area (Å²) in [6, 6.07) is 0.802. The van der Waals surface area contributed by atoms with Gasteiger partial charge >= 0.3 is 0 Å². The maximum absolute atomic E-state index is 3.54. The summed E-state index contributed by atoms with van der Waals surface area (Å²) in [5.74, 6) is 0. The molecule has 0 aromatic carbocycles. The number of hydrogen-bond donors (Lipinski definition) is 1. The van der Waals surface area contributed by atoms with Crippen LogP contribution in [0, 0.1) is 0 Å². The highest BCUT2D eigenvalue weighted by atomic mass is 32.2. The minimum Gasteiger partial charge on any atom is -0.261 e.